The molecule has 0 saturated heterocycles. The lowest BCUT2D eigenvalue weighted by atomic mass is 9.94. The van der Waals surface area contributed by atoms with Gasteiger partial charge in [0.1, 0.15) is 11.9 Å². The first kappa shape index (κ1) is 14.2. The molecule has 0 amide bonds. The minimum absolute atomic E-state index is 0.0595. The van der Waals surface area contributed by atoms with Crippen LogP contribution in [0.15, 0.2) is 40.9 Å². The fourth-order valence-corrected chi connectivity index (χ4v) is 3.08. The van der Waals surface area contributed by atoms with E-state index in [0.717, 1.165) is 21.3 Å². The van der Waals surface area contributed by atoms with Gasteiger partial charge in [-0.2, -0.15) is 0 Å². The van der Waals surface area contributed by atoms with Crippen molar-refractivity contribution in [1.82, 2.24) is 0 Å². The van der Waals surface area contributed by atoms with E-state index in [2.05, 4.69) is 15.9 Å². The predicted octanol–water partition coefficient (Wildman–Crippen LogP) is 5.28. The van der Waals surface area contributed by atoms with Crippen molar-refractivity contribution < 1.29 is 4.74 Å². The van der Waals surface area contributed by atoms with Gasteiger partial charge in [0.15, 0.2) is 0 Å². The molecular formula is C15H12BrCl2NO. The van der Waals surface area contributed by atoms with Crippen molar-refractivity contribution in [3.05, 3.63) is 62.0 Å². The first-order chi connectivity index (χ1) is 9.54. The number of ether oxygens (including phenoxy) is 1. The third-order valence-electron chi connectivity index (χ3n) is 3.42. The van der Waals surface area contributed by atoms with E-state index in [1.165, 1.54) is 0 Å². The molecule has 20 heavy (non-hydrogen) atoms. The minimum atomic E-state index is -0.103. The molecule has 3 rings (SSSR count). The summed E-state index contributed by atoms with van der Waals surface area (Å²) >= 11 is 15.5. The van der Waals surface area contributed by atoms with Crippen molar-refractivity contribution in [3.8, 4) is 5.75 Å². The molecule has 0 saturated carbocycles. The molecule has 2 atom stereocenters. The van der Waals surface area contributed by atoms with Gasteiger partial charge in [-0.3, -0.25) is 0 Å². The molecule has 0 bridgehead atoms. The summed E-state index contributed by atoms with van der Waals surface area (Å²) in [5, 5.41) is 1.07. The van der Waals surface area contributed by atoms with Crippen molar-refractivity contribution in [3.63, 3.8) is 0 Å². The lowest BCUT2D eigenvalue weighted by molar-refractivity contribution is 0.161. The zero-order valence-electron chi connectivity index (χ0n) is 10.4. The number of halogens is 3. The molecule has 0 spiro atoms. The Kier molecular flexibility index (Phi) is 3.95. The summed E-state index contributed by atoms with van der Waals surface area (Å²) in [6.45, 7) is 0. The van der Waals surface area contributed by atoms with Gasteiger partial charge in [-0.15, -0.1) is 0 Å². The van der Waals surface area contributed by atoms with E-state index in [4.69, 9.17) is 33.7 Å². The first-order valence-electron chi connectivity index (χ1n) is 6.21. The third kappa shape index (κ3) is 2.68. The highest BCUT2D eigenvalue weighted by Gasteiger charge is 2.27. The van der Waals surface area contributed by atoms with Gasteiger partial charge in [0, 0.05) is 22.5 Å². The van der Waals surface area contributed by atoms with E-state index in [9.17, 15) is 0 Å². The maximum Gasteiger partial charge on any atom is 0.126 e. The molecule has 0 fully saturated rings. The molecule has 0 aliphatic carbocycles. The second-order valence-corrected chi connectivity index (χ2v) is 6.53. The first-order valence-corrected chi connectivity index (χ1v) is 7.76. The van der Waals surface area contributed by atoms with Crippen LogP contribution < -0.4 is 10.5 Å². The molecule has 1 aliphatic rings. The summed E-state index contributed by atoms with van der Waals surface area (Å²) in [4.78, 5) is 0. The van der Waals surface area contributed by atoms with E-state index in [-0.39, 0.29) is 12.1 Å². The fourth-order valence-electron chi connectivity index (χ4n) is 2.39. The van der Waals surface area contributed by atoms with Crippen LogP contribution in [0.25, 0.3) is 0 Å². The Morgan fingerprint density at radius 1 is 1.10 bits per heavy atom. The monoisotopic (exact) mass is 371 g/mol. The maximum absolute atomic E-state index is 6.25. The summed E-state index contributed by atoms with van der Waals surface area (Å²) in [5.41, 5.74) is 8.26. The zero-order chi connectivity index (χ0) is 14.3. The summed E-state index contributed by atoms with van der Waals surface area (Å²) in [7, 11) is 0. The smallest absolute Gasteiger partial charge is 0.126 e. The molecule has 2 aromatic rings. The van der Waals surface area contributed by atoms with E-state index >= 15 is 0 Å². The van der Waals surface area contributed by atoms with E-state index in [1.807, 2.05) is 30.3 Å². The number of rotatable bonds is 1. The summed E-state index contributed by atoms with van der Waals surface area (Å²) in [6.07, 6.45) is 0.606. The van der Waals surface area contributed by atoms with E-state index < -0.39 is 0 Å². The summed E-state index contributed by atoms with van der Waals surface area (Å²) in [5.74, 6) is 0.822. The Bertz CT molecular complexity index is 662. The molecule has 1 heterocycles. The van der Waals surface area contributed by atoms with Gasteiger partial charge in [-0.25, -0.2) is 0 Å². The molecule has 2 N–H and O–H groups in total. The van der Waals surface area contributed by atoms with Gasteiger partial charge in [0.2, 0.25) is 0 Å². The van der Waals surface area contributed by atoms with Gasteiger partial charge in [-0.1, -0.05) is 45.2 Å². The molecule has 0 radical (unpaired) electrons. The van der Waals surface area contributed by atoms with Crippen molar-refractivity contribution in [2.45, 2.75) is 18.6 Å². The van der Waals surface area contributed by atoms with Crippen LogP contribution in [0.5, 0.6) is 5.75 Å². The number of hydrogen-bond donors (Lipinski definition) is 1. The van der Waals surface area contributed by atoms with Crippen molar-refractivity contribution in [2.24, 2.45) is 5.73 Å². The van der Waals surface area contributed by atoms with Gasteiger partial charge in [-0.05, 0) is 35.9 Å². The third-order valence-corrected chi connectivity index (χ3v) is 4.66. The molecule has 2 unspecified atom stereocenters. The van der Waals surface area contributed by atoms with Crippen LogP contribution in [-0.4, -0.2) is 0 Å². The molecular weight excluding hydrogens is 361 g/mol. The number of hydrogen-bond acceptors (Lipinski definition) is 2. The largest absolute Gasteiger partial charge is 0.485 e. The standard InChI is InChI=1S/C15H12BrCl2NO/c16-9-2-4-14-10(6-9)13(19)7-15(20-14)8-1-3-11(17)12(18)5-8/h1-6,13,15H,7,19H2. The number of nitrogens with two attached hydrogens (primary N) is 1. The van der Waals surface area contributed by atoms with Crippen LogP contribution in [0.4, 0.5) is 0 Å². The highest BCUT2D eigenvalue weighted by molar-refractivity contribution is 9.10. The summed E-state index contributed by atoms with van der Waals surface area (Å²) in [6, 6.07) is 11.4. The van der Waals surface area contributed by atoms with Crippen LogP contribution in [0, 0.1) is 0 Å². The van der Waals surface area contributed by atoms with Crippen molar-refractivity contribution >= 4 is 39.1 Å². The van der Waals surface area contributed by atoms with Crippen molar-refractivity contribution in [2.75, 3.05) is 0 Å². The maximum atomic E-state index is 6.25. The van der Waals surface area contributed by atoms with Gasteiger partial charge >= 0.3 is 0 Å². The lowest BCUT2D eigenvalue weighted by Crippen LogP contribution is -2.24. The van der Waals surface area contributed by atoms with Crippen molar-refractivity contribution in [1.29, 1.82) is 0 Å². The molecule has 5 heteroatoms. The Balaban J connectivity index is 1.94. The van der Waals surface area contributed by atoms with Gasteiger partial charge in [0.05, 0.1) is 10.0 Å². The summed E-state index contributed by atoms with van der Waals surface area (Å²) < 4.78 is 7.04. The molecule has 2 nitrogen and oxygen atoms in total. The van der Waals surface area contributed by atoms with E-state index in [0.29, 0.717) is 16.5 Å². The Labute approximate surface area is 136 Å². The Hall–Kier alpha value is -0.740. The molecule has 104 valence electrons. The fraction of sp³-hybridized carbons (Fsp3) is 0.200. The van der Waals surface area contributed by atoms with Crippen LogP contribution in [-0.2, 0) is 0 Å². The van der Waals surface area contributed by atoms with Crippen LogP contribution >= 0.6 is 39.1 Å². The molecule has 1 aliphatic heterocycles. The van der Waals surface area contributed by atoms with Gasteiger partial charge < -0.3 is 10.5 Å². The average Bonchev–Trinajstić information content (AvgIpc) is 2.42. The van der Waals surface area contributed by atoms with Crippen LogP contribution in [0.2, 0.25) is 10.0 Å². The van der Waals surface area contributed by atoms with Gasteiger partial charge in [0.25, 0.3) is 0 Å². The second kappa shape index (κ2) is 5.57. The highest BCUT2D eigenvalue weighted by Crippen LogP contribution is 2.41. The average molecular weight is 373 g/mol. The zero-order valence-corrected chi connectivity index (χ0v) is 13.5. The Morgan fingerprint density at radius 3 is 2.65 bits per heavy atom. The normalized spacial score (nSPS) is 21.2. The highest BCUT2D eigenvalue weighted by atomic mass is 79.9. The van der Waals surface area contributed by atoms with Crippen LogP contribution in [0.1, 0.15) is 29.7 Å². The minimum Gasteiger partial charge on any atom is -0.485 e. The Morgan fingerprint density at radius 2 is 1.90 bits per heavy atom. The SMILES string of the molecule is NC1CC(c2ccc(Cl)c(Cl)c2)Oc2ccc(Br)cc21. The number of benzene rings is 2. The van der Waals surface area contributed by atoms with E-state index in [1.54, 1.807) is 6.07 Å². The number of fused-ring (bicyclic) bond motifs is 1. The molecule has 2 aromatic carbocycles. The lowest BCUT2D eigenvalue weighted by Gasteiger charge is -2.30. The predicted molar refractivity (Wildman–Crippen MR) is 85.5 cm³/mol. The van der Waals surface area contributed by atoms with Crippen LogP contribution in [0.3, 0.4) is 0 Å². The quantitative estimate of drug-likeness (QED) is 0.738. The molecule has 0 aromatic heterocycles. The topological polar surface area (TPSA) is 35.2 Å². The second-order valence-electron chi connectivity index (χ2n) is 4.80.